The van der Waals surface area contributed by atoms with Crippen molar-refractivity contribution < 1.29 is 43.9 Å². The Morgan fingerprint density at radius 3 is 1.48 bits per heavy atom. The van der Waals surface area contributed by atoms with Crippen molar-refractivity contribution in [3.63, 3.8) is 0 Å². The number of allylic oxidation sites excluding steroid dienone is 6. The van der Waals surface area contributed by atoms with Crippen LogP contribution in [0, 0.1) is 18.8 Å². The maximum Gasteiger partial charge on any atom is 0.296 e. The number of aliphatic hydroxyl groups is 2. The summed E-state index contributed by atoms with van der Waals surface area (Å²) < 4.78 is 48.9. The number of aryl methyl sites for hydroxylation is 3. The first-order valence-electron chi connectivity index (χ1n) is 29.7. The van der Waals surface area contributed by atoms with Gasteiger partial charge in [-0.05, 0) is 194 Å². The van der Waals surface area contributed by atoms with Crippen LogP contribution in [-0.2, 0) is 27.1 Å². The summed E-state index contributed by atoms with van der Waals surface area (Å²) in [4.78, 5) is 12.2. The van der Waals surface area contributed by atoms with E-state index in [1.165, 1.54) is 48.1 Å². The minimum atomic E-state index is -3.80. The second-order valence-corrected chi connectivity index (χ2v) is 25.8. The van der Waals surface area contributed by atoms with Crippen LogP contribution in [0.4, 0.5) is 0 Å². The molecule has 0 aromatic heterocycles. The first-order valence-corrected chi connectivity index (χ1v) is 33.8. The van der Waals surface area contributed by atoms with E-state index in [0.717, 1.165) is 128 Å². The summed E-state index contributed by atoms with van der Waals surface area (Å²) in [7, 11) is 5.63. The molecule has 3 aromatic carbocycles. The summed E-state index contributed by atoms with van der Waals surface area (Å²) in [6, 6.07) is 14.5. The smallest absolute Gasteiger partial charge is 0.296 e. The standard InChI is InChI=1S/C33H45NO5S2.C26H39NO3S.C3H8OS.C2H3Cl2N.CH3B/c1-7-8-9-11-26-21-30(35)32(29-20-25(5)14-17-28(29)23(2)3)31(22-26)39-33(34-6)40-19-10-18-38-41(36,37)27-15-12-24(4)13-16-27;1-6-7-8-10-20-16-23(29)25(22-15-19(4)11-12-21(22)18(2)3)24(17-20)30-26(27-5)31-14-9-13-28;4-2-1-3-5;1-5-2(3)4;1-2/h12-13,15-16,20-22,28-29,35H,2,7-11,14,17-19H2,1,3-6H3;15-17,21-22,28-29H,2,6-14H2,1,3-5H3;4-5H,1-3H2;1H3;1H3/t28-,29+;21-,22+;;;/m00.../s1/i;;;;1D. The van der Waals surface area contributed by atoms with E-state index in [4.69, 9.17) is 48.4 Å². The summed E-state index contributed by atoms with van der Waals surface area (Å²) in [6.45, 7) is 23.6. The van der Waals surface area contributed by atoms with E-state index in [2.05, 4.69) is 108 Å². The molecule has 0 aliphatic heterocycles. The van der Waals surface area contributed by atoms with Gasteiger partial charge in [-0.25, -0.2) is 9.98 Å². The average molecular weight is 1280 g/mol. The van der Waals surface area contributed by atoms with Crippen LogP contribution in [-0.4, -0.2) is 110 Å². The molecule has 468 valence electrons. The van der Waals surface area contributed by atoms with Gasteiger partial charge in [-0.15, -0.1) is 0 Å². The molecule has 12 nitrogen and oxygen atoms in total. The molecule has 2 aliphatic rings. The molecule has 2 aliphatic carbocycles. The number of phenolic OH excluding ortho intramolecular Hbond substituents is 2. The molecule has 0 unspecified atom stereocenters. The maximum absolute atomic E-state index is 12.5. The number of aromatic hydroxyl groups is 2. The number of thiol groups is 1. The number of halogens is 2. The van der Waals surface area contributed by atoms with Crippen LogP contribution in [0.2, 0.25) is 6.80 Å². The van der Waals surface area contributed by atoms with Gasteiger partial charge in [0.05, 0.1) is 19.3 Å². The quantitative estimate of drug-likeness (QED) is 0.0104. The first kappa shape index (κ1) is 76.5. The van der Waals surface area contributed by atoms with Gasteiger partial charge in [0, 0.05) is 70.2 Å². The average Bonchev–Trinajstić information content (AvgIpc) is 1.88. The summed E-state index contributed by atoms with van der Waals surface area (Å²) in [5, 5.41) is 40.6. The van der Waals surface area contributed by atoms with Gasteiger partial charge in [0.1, 0.15) is 23.0 Å². The third-order valence-electron chi connectivity index (χ3n) is 13.8. The molecule has 3 aromatic rings. The van der Waals surface area contributed by atoms with Crippen molar-refractivity contribution in [2.75, 3.05) is 58.2 Å². The third-order valence-corrected chi connectivity index (χ3v) is 17.8. The van der Waals surface area contributed by atoms with Gasteiger partial charge in [-0.2, -0.15) is 21.0 Å². The zero-order valence-corrected chi connectivity index (χ0v) is 56.6. The molecule has 0 heterocycles. The van der Waals surface area contributed by atoms with Gasteiger partial charge < -0.3 is 29.9 Å². The number of ether oxygens (including phenoxy) is 2. The van der Waals surface area contributed by atoms with Gasteiger partial charge in [-0.1, -0.05) is 135 Å². The number of aliphatic hydroxyl groups excluding tert-OH is 2. The van der Waals surface area contributed by atoms with Gasteiger partial charge in [0.15, 0.2) is 4.63 Å². The fourth-order valence-corrected chi connectivity index (χ4v) is 11.9. The van der Waals surface area contributed by atoms with E-state index in [-0.39, 0.29) is 65.6 Å². The lowest BCUT2D eigenvalue weighted by Gasteiger charge is -2.32. The molecule has 4 N–H and O–H groups in total. The highest BCUT2D eigenvalue weighted by Gasteiger charge is 2.33. The Bertz CT molecular complexity index is 2720. The third kappa shape index (κ3) is 29.4. The van der Waals surface area contributed by atoms with Crippen LogP contribution in [0.5, 0.6) is 23.0 Å². The normalized spacial score (nSPS) is 16.9. The lowest BCUT2D eigenvalue weighted by atomic mass is 9.73. The zero-order chi connectivity index (χ0) is 63.9. The van der Waals surface area contributed by atoms with E-state index in [1.807, 2.05) is 25.1 Å². The van der Waals surface area contributed by atoms with Gasteiger partial charge in [0.2, 0.25) is 0 Å². The Hall–Kier alpha value is -3.65. The molecule has 19 heteroatoms. The SMILES string of the molecule is C=C(C)[C@@H]1CCC(C)=C[C@H]1c1c(O)cc(CCCCC)cc1OC(=NC)SCCCO.C=C(C)[C@@H]1CCC(C)=C[C@H]1c1c(O)cc(CCCCC)cc1OC(=NC)SCCCOS(=O)(=O)c1ccc(C)cc1.CN=C(Cl)Cl.OCCCS.[2H]C[B]. The summed E-state index contributed by atoms with van der Waals surface area (Å²) in [5.74, 6) is 4.39. The number of nitrogens with zero attached hydrogens (tertiary/aromatic N) is 3. The van der Waals surface area contributed by atoms with E-state index in [9.17, 15) is 18.6 Å². The van der Waals surface area contributed by atoms with Crippen molar-refractivity contribution in [1.29, 1.82) is 0 Å². The van der Waals surface area contributed by atoms with Crippen molar-refractivity contribution in [3.05, 3.63) is 124 Å². The van der Waals surface area contributed by atoms with Crippen LogP contribution in [0.1, 0.15) is 166 Å². The monoisotopic (exact) mass is 1270 g/mol. The van der Waals surface area contributed by atoms with E-state index in [0.29, 0.717) is 46.3 Å². The van der Waals surface area contributed by atoms with Gasteiger partial charge >= 0.3 is 0 Å². The predicted octanol–water partition coefficient (Wildman–Crippen LogP) is 16.9. The van der Waals surface area contributed by atoms with Gasteiger partial charge in [-0.3, -0.25) is 9.18 Å². The van der Waals surface area contributed by atoms with Crippen LogP contribution in [0.25, 0.3) is 0 Å². The molecule has 0 spiro atoms. The number of hydrogen-bond acceptors (Lipinski definition) is 15. The molecule has 0 bridgehead atoms. The van der Waals surface area contributed by atoms with E-state index in [1.54, 1.807) is 38.4 Å². The largest absolute Gasteiger partial charge is 0.507 e. The molecule has 0 saturated carbocycles. The van der Waals surface area contributed by atoms with Crippen molar-refractivity contribution in [1.82, 2.24) is 0 Å². The lowest BCUT2D eigenvalue weighted by Crippen LogP contribution is -2.19. The number of benzene rings is 3. The number of hydrogen-bond donors (Lipinski definition) is 5. The van der Waals surface area contributed by atoms with Crippen LogP contribution in [0.15, 0.2) is 116 Å². The zero-order valence-electron chi connectivity index (χ0n) is 52.7. The molecular formula is C65H98BCl2N3O9S4. The van der Waals surface area contributed by atoms with Gasteiger partial charge in [0.25, 0.3) is 20.6 Å². The fourth-order valence-electron chi connectivity index (χ4n) is 9.36. The predicted molar refractivity (Wildman–Crippen MR) is 367 cm³/mol. The fraction of sp³-hybridized carbons (Fsp3) is 0.554. The highest BCUT2D eigenvalue weighted by atomic mass is 35.5. The molecule has 0 amide bonds. The molecule has 4 atom stereocenters. The second-order valence-electron chi connectivity index (χ2n) is 20.7. The minimum Gasteiger partial charge on any atom is -0.507 e. The molecular weight excluding hydrogens is 1180 g/mol. The Morgan fingerprint density at radius 2 is 1.13 bits per heavy atom. The van der Waals surface area contributed by atoms with Crippen molar-refractivity contribution in [2.45, 2.75) is 168 Å². The highest BCUT2D eigenvalue weighted by Crippen LogP contribution is 2.49. The summed E-state index contributed by atoms with van der Waals surface area (Å²) in [6.07, 6.45) is 19.1. The molecule has 0 saturated heterocycles. The Labute approximate surface area is 533 Å². The van der Waals surface area contributed by atoms with Crippen molar-refractivity contribution >= 4 is 92.4 Å². The summed E-state index contributed by atoms with van der Waals surface area (Å²) in [5.41, 5.74) is 9.56. The Morgan fingerprint density at radius 1 is 0.714 bits per heavy atom. The van der Waals surface area contributed by atoms with Crippen LogP contribution >= 0.6 is 59.4 Å². The molecule has 0 fully saturated rings. The van der Waals surface area contributed by atoms with Crippen LogP contribution < -0.4 is 9.47 Å². The molecule has 5 rings (SSSR count). The number of phenols is 2. The number of unbranched alkanes of at least 4 members (excludes halogenated alkanes) is 4. The number of thioether (sulfide) groups is 2. The van der Waals surface area contributed by atoms with Crippen molar-refractivity contribution in [3.8, 4) is 23.0 Å². The number of rotatable bonds is 25. The molecule has 2 radical (unpaired) electrons. The maximum atomic E-state index is 12.5. The Balaban J connectivity index is 0.000000720. The second kappa shape index (κ2) is 44.7. The van der Waals surface area contributed by atoms with Crippen molar-refractivity contribution in [2.24, 2.45) is 26.8 Å². The lowest BCUT2D eigenvalue weighted by molar-refractivity contribution is 0.296. The van der Waals surface area contributed by atoms with E-state index >= 15 is 0 Å². The number of aliphatic imine (C=N–C) groups is 3. The summed E-state index contributed by atoms with van der Waals surface area (Å²) >= 11 is 16.7. The highest BCUT2D eigenvalue weighted by molar-refractivity contribution is 8.13. The first-order chi connectivity index (χ1) is 40.6. The van der Waals surface area contributed by atoms with E-state index < -0.39 is 10.1 Å². The Kier molecular flexibility index (Phi) is 40.7. The minimum absolute atomic E-state index is 0. The topological polar surface area (TPSA) is 180 Å². The van der Waals surface area contributed by atoms with Crippen LogP contribution in [0.3, 0.4) is 0 Å². The molecule has 84 heavy (non-hydrogen) atoms.